The van der Waals surface area contributed by atoms with Gasteiger partial charge in [-0.1, -0.05) is 31.7 Å². The Kier molecular flexibility index (Phi) is 5.07. The van der Waals surface area contributed by atoms with Gasteiger partial charge < -0.3 is 19.4 Å². The molecule has 4 rings (SSSR count). The van der Waals surface area contributed by atoms with Gasteiger partial charge in [-0.15, -0.1) is 0 Å². The third-order valence-corrected chi connectivity index (χ3v) is 4.99. The molecule has 0 amide bonds. The second-order valence-corrected chi connectivity index (χ2v) is 6.82. The lowest BCUT2D eigenvalue weighted by molar-refractivity contribution is 0.0551. The second-order valence-electron chi connectivity index (χ2n) is 6.82. The zero-order chi connectivity index (χ0) is 18.6. The molecule has 2 aliphatic rings. The van der Waals surface area contributed by atoms with E-state index < -0.39 is 0 Å². The van der Waals surface area contributed by atoms with Gasteiger partial charge in [-0.2, -0.15) is 0 Å². The fourth-order valence-electron chi connectivity index (χ4n) is 3.29. The highest BCUT2D eigenvalue weighted by Crippen LogP contribution is 2.27. The first-order chi connectivity index (χ1) is 13.2. The number of pyridine rings is 1. The molecular weight excluding hydrogens is 340 g/mol. The Labute approximate surface area is 159 Å². The Bertz CT molecular complexity index is 850. The SMILES string of the molecule is C=C(C1=CC(Nc2ncc(-c3ccncc3)o2)C(C)C=C1)N1CCOCC1. The van der Waals surface area contributed by atoms with Crippen molar-refractivity contribution in [3.8, 4) is 11.3 Å². The van der Waals surface area contributed by atoms with Crippen molar-refractivity contribution in [3.63, 3.8) is 0 Å². The van der Waals surface area contributed by atoms with Crippen LogP contribution in [0.4, 0.5) is 6.01 Å². The summed E-state index contributed by atoms with van der Waals surface area (Å²) in [6.07, 6.45) is 11.8. The number of nitrogens with one attached hydrogen (secondary N) is 1. The largest absolute Gasteiger partial charge is 0.424 e. The zero-order valence-corrected chi connectivity index (χ0v) is 15.5. The molecule has 1 fully saturated rings. The lowest BCUT2D eigenvalue weighted by Gasteiger charge is -2.33. The van der Waals surface area contributed by atoms with Gasteiger partial charge in [0.2, 0.25) is 0 Å². The number of hydrogen-bond donors (Lipinski definition) is 1. The molecule has 2 atom stereocenters. The Balaban J connectivity index is 1.48. The Morgan fingerprint density at radius 2 is 2.04 bits per heavy atom. The molecule has 27 heavy (non-hydrogen) atoms. The van der Waals surface area contributed by atoms with Gasteiger partial charge in [-0.3, -0.25) is 4.98 Å². The van der Waals surface area contributed by atoms with Crippen molar-refractivity contribution in [2.24, 2.45) is 5.92 Å². The maximum Gasteiger partial charge on any atom is 0.295 e. The minimum atomic E-state index is 0.0896. The standard InChI is InChI=1S/C21H24N4O2/c1-15-3-4-18(16(2)25-9-11-26-12-10-25)13-19(15)24-21-23-14-20(27-21)17-5-7-22-8-6-17/h3-8,13-15,19H,2,9-12H2,1H3,(H,23,24). The minimum absolute atomic E-state index is 0.0896. The molecule has 6 nitrogen and oxygen atoms in total. The number of anilines is 1. The molecule has 3 heterocycles. The molecule has 1 aliphatic heterocycles. The van der Waals surface area contributed by atoms with Crippen molar-refractivity contribution < 1.29 is 9.15 Å². The van der Waals surface area contributed by atoms with Crippen LogP contribution in [0.25, 0.3) is 11.3 Å². The highest BCUT2D eigenvalue weighted by atomic mass is 16.5. The van der Waals surface area contributed by atoms with Crippen molar-refractivity contribution in [1.29, 1.82) is 0 Å². The highest BCUT2D eigenvalue weighted by Gasteiger charge is 2.22. The average Bonchev–Trinajstić information content (AvgIpc) is 3.19. The summed E-state index contributed by atoms with van der Waals surface area (Å²) < 4.78 is 11.3. The van der Waals surface area contributed by atoms with E-state index in [9.17, 15) is 0 Å². The van der Waals surface area contributed by atoms with Crippen molar-refractivity contribution in [3.05, 3.63) is 66.8 Å². The summed E-state index contributed by atoms with van der Waals surface area (Å²) in [5.41, 5.74) is 3.13. The van der Waals surface area contributed by atoms with Gasteiger partial charge in [0.05, 0.1) is 25.5 Å². The summed E-state index contributed by atoms with van der Waals surface area (Å²) in [6, 6.07) is 4.41. The topological polar surface area (TPSA) is 63.4 Å². The van der Waals surface area contributed by atoms with Gasteiger partial charge in [0.25, 0.3) is 6.01 Å². The van der Waals surface area contributed by atoms with Gasteiger partial charge >= 0.3 is 0 Å². The number of oxazole rings is 1. The van der Waals surface area contributed by atoms with Crippen molar-refractivity contribution in [2.75, 3.05) is 31.6 Å². The predicted molar refractivity (Wildman–Crippen MR) is 105 cm³/mol. The lowest BCUT2D eigenvalue weighted by Crippen LogP contribution is -2.36. The van der Waals surface area contributed by atoms with Crippen molar-refractivity contribution in [1.82, 2.24) is 14.9 Å². The third-order valence-electron chi connectivity index (χ3n) is 4.99. The Morgan fingerprint density at radius 3 is 2.81 bits per heavy atom. The number of morpholine rings is 1. The van der Waals surface area contributed by atoms with Gasteiger partial charge in [-0.05, 0) is 23.6 Å². The van der Waals surface area contributed by atoms with Crippen molar-refractivity contribution >= 4 is 6.01 Å². The van der Waals surface area contributed by atoms with Crippen LogP contribution in [0.5, 0.6) is 0 Å². The first-order valence-electron chi connectivity index (χ1n) is 9.25. The molecule has 0 spiro atoms. The first-order valence-corrected chi connectivity index (χ1v) is 9.25. The van der Waals surface area contributed by atoms with Crippen LogP contribution in [0, 0.1) is 5.92 Å². The lowest BCUT2D eigenvalue weighted by atomic mass is 9.92. The molecule has 2 unspecified atom stereocenters. The minimum Gasteiger partial charge on any atom is -0.424 e. The molecule has 0 saturated carbocycles. The molecule has 1 N–H and O–H groups in total. The summed E-state index contributed by atoms with van der Waals surface area (Å²) >= 11 is 0. The molecule has 0 bridgehead atoms. The number of aromatic nitrogens is 2. The molecule has 6 heteroatoms. The molecule has 0 radical (unpaired) electrons. The number of allylic oxidation sites excluding steroid dienone is 1. The van der Waals surface area contributed by atoms with Gasteiger partial charge in [0.15, 0.2) is 5.76 Å². The van der Waals surface area contributed by atoms with Crippen LogP contribution >= 0.6 is 0 Å². The van der Waals surface area contributed by atoms with E-state index in [1.165, 1.54) is 0 Å². The molecule has 1 saturated heterocycles. The summed E-state index contributed by atoms with van der Waals surface area (Å²) in [6.45, 7) is 9.73. The number of nitrogens with zero attached hydrogens (tertiary/aromatic N) is 3. The molecule has 2 aromatic rings. The quantitative estimate of drug-likeness (QED) is 0.876. The van der Waals surface area contributed by atoms with Crippen LogP contribution < -0.4 is 5.32 Å². The molecule has 140 valence electrons. The van der Waals surface area contributed by atoms with Crippen LogP contribution in [0.2, 0.25) is 0 Å². The molecule has 0 aromatic carbocycles. The van der Waals surface area contributed by atoms with E-state index in [4.69, 9.17) is 9.15 Å². The van der Waals surface area contributed by atoms with E-state index >= 15 is 0 Å². The van der Waals surface area contributed by atoms with Crippen LogP contribution in [-0.4, -0.2) is 47.2 Å². The molecular formula is C21H24N4O2. The van der Waals surface area contributed by atoms with E-state index in [1.807, 2.05) is 12.1 Å². The summed E-state index contributed by atoms with van der Waals surface area (Å²) in [5, 5.41) is 3.40. The van der Waals surface area contributed by atoms with Crippen LogP contribution in [-0.2, 0) is 4.74 Å². The summed E-state index contributed by atoms with van der Waals surface area (Å²) in [4.78, 5) is 10.7. The summed E-state index contributed by atoms with van der Waals surface area (Å²) in [7, 11) is 0. The monoisotopic (exact) mass is 364 g/mol. The van der Waals surface area contributed by atoms with Crippen LogP contribution in [0.15, 0.2) is 71.2 Å². The van der Waals surface area contributed by atoms with E-state index in [0.29, 0.717) is 11.9 Å². The number of hydrogen-bond acceptors (Lipinski definition) is 6. The first kappa shape index (κ1) is 17.5. The van der Waals surface area contributed by atoms with Gasteiger partial charge in [0.1, 0.15) is 0 Å². The second kappa shape index (κ2) is 7.80. The van der Waals surface area contributed by atoms with Gasteiger partial charge in [0, 0.05) is 36.7 Å². The van der Waals surface area contributed by atoms with E-state index in [2.05, 4.69) is 51.9 Å². The van der Waals surface area contributed by atoms with Crippen LogP contribution in [0.1, 0.15) is 6.92 Å². The Morgan fingerprint density at radius 1 is 1.26 bits per heavy atom. The maximum atomic E-state index is 5.88. The predicted octanol–water partition coefficient (Wildman–Crippen LogP) is 3.50. The van der Waals surface area contributed by atoms with Crippen LogP contribution in [0.3, 0.4) is 0 Å². The summed E-state index contributed by atoms with van der Waals surface area (Å²) in [5.74, 6) is 1.04. The van der Waals surface area contributed by atoms with E-state index in [1.54, 1.807) is 18.6 Å². The van der Waals surface area contributed by atoms with Crippen molar-refractivity contribution in [2.45, 2.75) is 13.0 Å². The molecule has 2 aromatic heterocycles. The maximum absolute atomic E-state index is 5.88. The van der Waals surface area contributed by atoms with E-state index in [-0.39, 0.29) is 6.04 Å². The zero-order valence-electron chi connectivity index (χ0n) is 15.5. The fraction of sp³-hybridized carbons (Fsp3) is 0.333. The molecule has 1 aliphatic carbocycles. The highest BCUT2D eigenvalue weighted by molar-refractivity contribution is 5.56. The Hall–Kier alpha value is -2.86. The van der Waals surface area contributed by atoms with Gasteiger partial charge in [-0.25, -0.2) is 4.98 Å². The third kappa shape index (κ3) is 3.95. The number of rotatable bonds is 5. The fourth-order valence-corrected chi connectivity index (χ4v) is 3.29. The smallest absolute Gasteiger partial charge is 0.295 e. The van der Waals surface area contributed by atoms with E-state index in [0.717, 1.165) is 48.9 Å². The average molecular weight is 364 g/mol. The normalized spacial score (nSPS) is 22.4. The number of ether oxygens (including phenoxy) is 1.